The van der Waals surface area contributed by atoms with Gasteiger partial charge in [0.15, 0.2) is 0 Å². The van der Waals surface area contributed by atoms with Crippen LogP contribution in [0.5, 0.6) is 5.75 Å². The van der Waals surface area contributed by atoms with Crippen LogP contribution in [0, 0.1) is 5.41 Å². The van der Waals surface area contributed by atoms with Crippen LogP contribution in [0.15, 0.2) is 24.5 Å². The van der Waals surface area contributed by atoms with Crippen LogP contribution in [0.2, 0.25) is 0 Å². The summed E-state index contributed by atoms with van der Waals surface area (Å²) in [4.78, 5) is 12.4. The zero-order valence-corrected chi connectivity index (χ0v) is 13.5. The van der Waals surface area contributed by atoms with Crippen LogP contribution in [0.4, 0.5) is 0 Å². The quantitative estimate of drug-likeness (QED) is 0.932. The van der Waals surface area contributed by atoms with Crippen molar-refractivity contribution in [2.75, 3.05) is 7.11 Å². The third kappa shape index (κ3) is 3.41. The van der Waals surface area contributed by atoms with E-state index in [0.29, 0.717) is 17.0 Å². The van der Waals surface area contributed by atoms with Crippen LogP contribution in [0.1, 0.15) is 38.1 Å². The molecule has 1 heterocycles. The molecule has 0 saturated heterocycles. The Morgan fingerprint density at radius 1 is 1.36 bits per heavy atom. The number of hydrogen-bond acceptors (Lipinski definition) is 5. The summed E-state index contributed by atoms with van der Waals surface area (Å²) in [5.74, 6) is 0.451. The summed E-state index contributed by atoms with van der Waals surface area (Å²) in [5.41, 5.74) is 1.13. The predicted octanol–water partition coefficient (Wildman–Crippen LogP) is 1.84. The lowest BCUT2D eigenvalue weighted by atomic mass is 9.88. The SMILES string of the molecule is COc1ccc(C(=O)N[C@H](C)C(C)(C)C)cc1-n1cnnn1. The van der Waals surface area contributed by atoms with Gasteiger partial charge in [0.1, 0.15) is 17.8 Å². The molecular formula is C15H21N5O2. The standard InChI is InChI=1S/C15H21N5O2/c1-10(15(2,3)4)17-14(21)11-6-7-13(22-5)12(8-11)20-9-16-18-19-20/h6-10H,1-5H3,(H,17,21)/t10-/m1/s1. The first-order valence-electron chi connectivity index (χ1n) is 7.05. The monoisotopic (exact) mass is 303 g/mol. The summed E-state index contributed by atoms with van der Waals surface area (Å²) in [6.07, 6.45) is 1.46. The second-order valence-electron chi connectivity index (χ2n) is 6.20. The van der Waals surface area contributed by atoms with Crippen LogP contribution >= 0.6 is 0 Å². The number of nitrogens with one attached hydrogen (secondary N) is 1. The fourth-order valence-corrected chi connectivity index (χ4v) is 1.78. The third-order valence-electron chi connectivity index (χ3n) is 3.68. The molecule has 1 aromatic heterocycles. The normalized spacial score (nSPS) is 12.8. The molecule has 118 valence electrons. The van der Waals surface area contributed by atoms with Crippen molar-refractivity contribution in [3.63, 3.8) is 0 Å². The van der Waals surface area contributed by atoms with Crippen molar-refractivity contribution < 1.29 is 9.53 Å². The number of aromatic nitrogens is 4. The van der Waals surface area contributed by atoms with Crippen molar-refractivity contribution in [1.82, 2.24) is 25.5 Å². The van der Waals surface area contributed by atoms with Crippen molar-refractivity contribution in [3.05, 3.63) is 30.1 Å². The van der Waals surface area contributed by atoms with E-state index < -0.39 is 0 Å². The van der Waals surface area contributed by atoms with Gasteiger partial charge in [-0.3, -0.25) is 4.79 Å². The molecule has 0 unspecified atom stereocenters. The number of tetrazole rings is 1. The Bertz CT molecular complexity index is 646. The Hall–Kier alpha value is -2.44. The molecule has 2 aromatic rings. The minimum absolute atomic E-state index is 0.0131. The second kappa shape index (κ2) is 6.13. The lowest BCUT2D eigenvalue weighted by Crippen LogP contribution is -2.41. The summed E-state index contributed by atoms with van der Waals surface area (Å²) >= 11 is 0. The van der Waals surface area contributed by atoms with Crippen LogP contribution in [-0.4, -0.2) is 39.3 Å². The molecular weight excluding hydrogens is 282 g/mol. The van der Waals surface area contributed by atoms with Crippen LogP contribution in [0.3, 0.4) is 0 Å². The Balaban J connectivity index is 2.29. The van der Waals surface area contributed by atoms with Crippen LogP contribution in [0.25, 0.3) is 5.69 Å². The number of amides is 1. The maximum atomic E-state index is 12.4. The molecule has 0 spiro atoms. The first kappa shape index (κ1) is 15.9. The molecule has 0 fully saturated rings. The maximum absolute atomic E-state index is 12.4. The molecule has 0 aliphatic heterocycles. The summed E-state index contributed by atoms with van der Waals surface area (Å²) < 4.78 is 6.75. The smallest absolute Gasteiger partial charge is 0.251 e. The number of ether oxygens (including phenoxy) is 1. The lowest BCUT2D eigenvalue weighted by Gasteiger charge is -2.28. The molecule has 1 N–H and O–H groups in total. The van der Waals surface area contributed by atoms with Crippen LogP contribution in [-0.2, 0) is 0 Å². The van der Waals surface area contributed by atoms with Gasteiger partial charge in [0.2, 0.25) is 0 Å². The van der Waals surface area contributed by atoms with Crippen molar-refractivity contribution in [3.8, 4) is 11.4 Å². The van der Waals surface area contributed by atoms with Gasteiger partial charge >= 0.3 is 0 Å². The lowest BCUT2D eigenvalue weighted by molar-refractivity contribution is 0.0910. The highest BCUT2D eigenvalue weighted by Gasteiger charge is 2.22. The number of carbonyl (C=O) groups excluding carboxylic acids is 1. The number of rotatable bonds is 4. The van der Waals surface area contributed by atoms with Gasteiger partial charge in [-0.1, -0.05) is 20.8 Å². The zero-order valence-electron chi connectivity index (χ0n) is 13.5. The number of benzene rings is 1. The van der Waals surface area contributed by atoms with E-state index in [-0.39, 0.29) is 17.4 Å². The highest BCUT2D eigenvalue weighted by Crippen LogP contribution is 2.24. The van der Waals surface area contributed by atoms with Crippen molar-refractivity contribution in [2.45, 2.75) is 33.7 Å². The molecule has 0 aliphatic rings. The maximum Gasteiger partial charge on any atom is 0.251 e. The van der Waals surface area contributed by atoms with Gasteiger partial charge in [0, 0.05) is 11.6 Å². The molecule has 22 heavy (non-hydrogen) atoms. The molecule has 0 aliphatic carbocycles. The number of carbonyl (C=O) groups is 1. The Labute approximate surface area is 129 Å². The van der Waals surface area contributed by atoms with Gasteiger partial charge in [-0.15, -0.1) is 5.10 Å². The molecule has 0 saturated carbocycles. The van der Waals surface area contributed by atoms with Crippen molar-refractivity contribution in [1.29, 1.82) is 0 Å². The minimum Gasteiger partial charge on any atom is -0.494 e. The van der Waals surface area contributed by atoms with Gasteiger partial charge in [-0.05, 0) is 41.0 Å². The van der Waals surface area contributed by atoms with E-state index in [4.69, 9.17) is 4.74 Å². The number of methoxy groups -OCH3 is 1. The van der Waals surface area contributed by atoms with E-state index in [1.54, 1.807) is 25.3 Å². The van der Waals surface area contributed by atoms with Crippen molar-refractivity contribution in [2.24, 2.45) is 5.41 Å². The fraction of sp³-hybridized carbons (Fsp3) is 0.467. The van der Waals surface area contributed by atoms with E-state index >= 15 is 0 Å². The number of hydrogen-bond donors (Lipinski definition) is 1. The van der Waals surface area contributed by atoms with Gasteiger partial charge < -0.3 is 10.1 Å². The molecule has 7 heteroatoms. The largest absolute Gasteiger partial charge is 0.494 e. The topological polar surface area (TPSA) is 81.9 Å². The van der Waals surface area contributed by atoms with Gasteiger partial charge in [-0.25, -0.2) is 0 Å². The Kier molecular flexibility index (Phi) is 4.44. The van der Waals surface area contributed by atoms with Gasteiger partial charge in [-0.2, -0.15) is 4.68 Å². The average Bonchev–Trinajstić information content (AvgIpc) is 2.99. The van der Waals surface area contributed by atoms with Gasteiger partial charge in [0.25, 0.3) is 5.91 Å². The highest BCUT2D eigenvalue weighted by molar-refractivity contribution is 5.95. The molecule has 0 radical (unpaired) electrons. The highest BCUT2D eigenvalue weighted by atomic mass is 16.5. The number of nitrogens with zero attached hydrogens (tertiary/aromatic N) is 4. The summed E-state index contributed by atoms with van der Waals surface area (Å²) in [5, 5.41) is 14.1. The summed E-state index contributed by atoms with van der Waals surface area (Å²) in [6, 6.07) is 5.20. The molecule has 2 rings (SSSR count). The van der Waals surface area contributed by atoms with Crippen LogP contribution < -0.4 is 10.1 Å². The van der Waals surface area contributed by atoms with E-state index in [1.807, 2.05) is 6.92 Å². The molecule has 1 amide bonds. The first-order chi connectivity index (χ1) is 10.3. The summed E-state index contributed by atoms with van der Waals surface area (Å²) in [6.45, 7) is 8.24. The molecule has 0 bridgehead atoms. The summed E-state index contributed by atoms with van der Waals surface area (Å²) in [7, 11) is 1.56. The first-order valence-corrected chi connectivity index (χ1v) is 7.05. The average molecular weight is 303 g/mol. The molecule has 1 atom stereocenters. The van der Waals surface area contributed by atoms with Gasteiger partial charge in [0.05, 0.1) is 7.11 Å². The fourth-order valence-electron chi connectivity index (χ4n) is 1.78. The van der Waals surface area contributed by atoms with E-state index in [2.05, 4.69) is 41.6 Å². The Morgan fingerprint density at radius 3 is 2.64 bits per heavy atom. The minimum atomic E-state index is -0.139. The zero-order chi connectivity index (χ0) is 16.3. The predicted molar refractivity (Wildman–Crippen MR) is 82.1 cm³/mol. The van der Waals surface area contributed by atoms with E-state index in [0.717, 1.165) is 0 Å². The second-order valence-corrected chi connectivity index (χ2v) is 6.20. The van der Waals surface area contributed by atoms with Crippen molar-refractivity contribution >= 4 is 5.91 Å². The third-order valence-corrected chi connectivity index (χ3v) is 3.68. The molecule has 7 nitrogen and oxygen atoms in total. The van der Waals surface area contributed by atoms with E-state index in [9.17, 15) is 4.79 Å². The molecule has 1 aromatic carbocycles. The Morgan fingerprint density at radius 2 is 2.09 bits per heavy atom. The van der Waals surface area contributed by atoms with E-state index in [1.165, 1.54) is 11.0 Å².